The summed E-state index contributed by atoms with van der Waals surface area (Å²) in [4.78, 5) is 22.9. The van der Waals surface area contributed by atoms with Crippen LogP contribution in [-0.2, 0) is 26.2 Å². The van der Waals surface area contributed by atoms with Gasteiger partial charge in [-0.3, -0.25) is 19.8 Å². The Morgan fingerprint density at radius 3 is 2.55 bits per heavy atom. The summed E-state index contributed by atoms with van der Waals surface area (Å²) < 4.78 is 42.2. The highest BCUT2D eigenvalue weighted by atomic mass is 19.4. The van der Waals surface area contributed by atoms with Gasteiger partial charge in [0.05, 0.1) is 16.7 Å². The van der Waals surface area contributed by atoms with Crippen LogP contribution in [0.4, 0.5) is 30.6 Å². The maximum Gasteiger partial charge on any atom is 0.416 e. The number of nitrogens with zero attached hydrogens (tertiary/aromatic N) is 6. The van der Waals surface area contributed by atoms with E-state index in [9.17, 15) is 23.3 Å². The van der Waals surface area contributed by atoms with Crippen LogP contribution in [-0.4, -0.2) is 42.2 Å². The van der Waals surface area contributed by atoms with E-state index in [0.29, 0.717) is 12.6 Å². The third kappa shape index (κ3) is 6.36. The number of alkyl halides is 3. The van der Waals surface area contributed by atoms with Gasteiger partial charge in [0.15, 0.2) is 0 Å². The predicted molar refractivity (Wildman–Crippen MR) is 134 cm³/mol. The van der Waals surface area contributed by atoms with E-state index >= 15 is 0 Å². The Hall–Kier alpha value is -3.81. The second-order valence-electron chi connectivity index (χ2n) is 9.55. The lowest BCUT2D eigenvalue weighted by Crippen LogP contribution is -2.34. The summed E-state index contributed by atoms with van der Waals surface area (Å²) in [5.41, 5.74) is 6.21. The first-order chi connectivity index (χ1) is 18.0. The molecule has 204 valence electrons. The van der Waals surface area contributed by atoms with E-state index in [4.69, 9.17) is 5.73 Å². The lowest BCUT2D eigenvalue weighted by molar-refractivity contribution is -0.385. The summed E-state index contributed by atoms with van der Waals surface area (Å²) in [5, 5.41) is 22.8. The van der Waals surface area contributed by atoms with Gasteiger partial charge in [-0.25, -0.2) is 4.98 Å². The van der Waals surface area contributed by atoms with Crippen molar-refractivity contribution in [2.24, 2.45) is 13.0 Å². The maximum atomic E-state index is 13.4. The van der Waals surface area contributed by atoms with Gasteiger partial charge in [0.1, 0.15) is 5.69 Å². The number of pyridine rings is 1. The van der Waals surface area contributed by atoms with Crippen LogP contribution in [0.2, 0.25) is 0 Å². The van der Waals surface area contributed by atoms with Gasteiger partial charge < -0.3 is 16.4 Å². The lowest BCUT2D eigenvalue weighted by atomic mass is 9.86. The zero-order valence-corrected chi connectivity index (χ0v) is 21.1. The number of hydrogen-bond donors (Lipinski definition) is 3. The number of anilines is 2. The number of aromatic nitrogens is 5. The number of rotatable bonds is 9. The molecule has 0 aliphatic heterocycles. The molecule has 1 aliphatic rings. The molecular weight excluding hydrogens is 503 g/mol. The van der Waals surface area contributed by atoms with Crippen LogP contribution in [0.3, 0.4) is 0 Å². The van der Waals surface area contributed by atoms with Gasteiger partial charge in [-0.2, -0.15) is 23.3 Å². The summed E-state index contributed by atoms with van der Waals surface area (Å²) in [6, 6.07) is 1.19. The van der Waals surface area contributed by atoms with Crippen LogP contribution in [0.15, 0.2) is 24.7 Å². The molecule has 0 amide bonds. The maximum absolute atomic E-state index is 13.4. The van der Waals surface area contributed by atoms with Gasteiger partial charge in [-0.05, 0) is 50.2 Å². The largest absolute Gasteiger partial charge is 0.416 e. The molecule has 3 aromatic heterocycles. The topological polar surface area (TPSA) is 150 Å². The van der Waals surface area contributed by atoms with Crippen molar-refractivity contribution in [3.63, 3.8) is 0 Å². The van der Waals surface area contributed by atoms with E-state index in [0.717, 1.165) is 61.9 Å². The van der Waals surface area contributed by atoms with Crippen LogP contribution in [0.25, 0.3) is 0 Å². The van der Waals surface area contributed by atoms with Crippen LogP contribution < -0.4 is 16.4 Å². The van der Waals surface area contributed by atoms with E-state index in [1.54, 1.807) is 0 Å². The van der Waals surface area contributed by atoms with Crippen molar-refractivity contribution in [1.82, 2.24) is 30.0 Å². The quantitative estimate of drug-likeness (QED) is 0.276. The Balaban J connectivity index is 1.41. The number of nitrogen functional groups attached to an aromatic ring is 1. The molecule has 0 bridgehead atoms. The van der Waals surface area contributed by atoms with Gasteiger partial charge in [0.25, 0.3) is 0 Å². The molecule has 38 heavy (non-hydrogen) atoms. The fourth-order valence-electron chi connectivity index (χ4n) is 4.77. The number of nitrogens with one attached hydrogen (secondary N) is 2. The van der Waals surface area contributed by atoms with E-state index in [1.807, 2.05) is 24.9 Å². The molecule has 0 spiro atoms. The molecule has 4 N–H and O–H groups in total. The van der Waals surface area contributed by atoms with E-state index in [-0.39, 0.29) is 28.9 Å². The smallest absolute Gasteiger partial charge is 0.368 e. The van der Waals surface area contributed by atoms with Crippen molar-refractivity contribution >= 4 is 17.5 Å². The fraction of sp³-hybridized carbons (Fsp3) is 0.500. The highest BCUT2D eigenvalue weighted by Gasteiger charge is 2.35. The molecule has 1 saturated carbocycles. The molecule has 1 fully saturated rings. The van der Waals surface area contributed by atoms with E-state index in [1.165, 1.54) is 0 Å². The van der Waals surface area contributed by atoms with Crippen molar-refractivity contribution in [3.05, 3.63) is 62.8 Å². The Labute approximate surface area is 217 Å². The summed E-state index contributed by atoms with van der Waals surface area (Å²) in [6.45, 7) is 3.20. The van der Waals surface area contributed by atoms with Gasteiger partial charge in [-0.15, -0.1) is 0 Å². The van der Waals surface area contributed by atoms with Gasteiger partial charge in [-0.1, -0.05) is 0 Å². The lowest BCUT2D eigenvalue weighted by Gasteiger charge is -2.29. The van der Waals surface area contributed by atoms with Crippen LogP contribution >= 0.6 is 0 Å². The van der Waals surface area contributed by atoms with E-state index < -0.39 is 28.8 Å². The van der Waals surface area contributed by atoms with Crippen molar-refractivity contribution in [1.29, 1.82) is 0 Å². The molecule has 0 atom stereocenters. The van der Waals surface area contributed by atoms with Crippen molar-refractivity contribution in [2.45, 2.75) is 57.8 Å². The summed E-state index contributed by atoms with van der Waals surface area (Å²) in [6.07, 6.45) is 2.52. The first kappa shape index (κ1) is 27.2. The zero-order valence-electron chi connectivity index (χ0n) is 21.1. The number of nitrogens with two attached hydrogens (primary N) is 1. The van der Waals surface area contributed by atoms with Crippen LogP contribution in [0.5, 0.6) is 0 Å². The Morgan fingerprint density at radius 1 is 1.18 bits per heavy atom. The Kier molecular flexibility index (Phi) is 8.09. The average molecular weight is 534 g/mol. The van der Waals surface area contributed by atoms with Gasteiger partial charge in [0.2, 0.25) is 11.8 Å². The molecule has 0 radical (unpaired) electrons. The molecule has 0 unspecified atom stereocenters. The standard InChI is InChI=1S/C24H30F3N9O2/c1-14-17(13-32-35(14)2)12-30-18-5-3-15(4-6-18)10-31-22-21(36(37)38)20(33-23(28)34-22)9-16-11-29-8-7-19(16)24(25,26)27/h7-8,11,13,15,18,30H,3-6,9-10,12H2,1-2H3,(H3,28,31,33,34). The highest BCUT2D eigenvalue weighted by Crippen LogP contribution is 2.35. The number of aryl methyl sites for hydroxylation is 1. The minimum atomic E-state index is -4.64. The van der Waals surface area contributed by atoms with E-state index in [2.05, 4.69) is 30.7 Å². The van der Waals surface area contributed by atoms with Crippen LogP contribution in [0, 0.1) is 23.0 Å². The number of nitro groups is 1. The summed E-state index contributed by atoms with van der Waals surface area (Å²) in [7, 11) is 1.91. The SMILES string of the molecule is Cc1c(CNC2CCC(CNc3nc(N)nc(Cc4cnccc4C(F)(F)F)c3[N+](=O)[O-])CC2)cnn1C. The summed E-state index contributed by atoms with van der Waals surface area (Å²) in [5.74, 6) is -0.103. The minimum Gasteiger partial charge on any atom is -0.368 e. The molecule has 3 aromatic rings. The molecule has 0 aromatic carbocycles. The summed E-state index contributed by atoms with van der Waals surface area (Å²) >= 11 is 0. The monoisotopic (exact) mass is 533 g/mol. The highest BCUT2D eigenvalue weighted by molar-refractivity contribution is 5.61. The molecule has 3 heterocycles. The van der Waals surface area contributed by atoms with Crippen molar-refractivity contribution in [2.75, 3.05) is 17.6 Å². The molecule has 1 aliphatic carbocycles. The Morgan fingerprint density at radius 2 is 1.92 bits per heavy atom. The van der Waals surface area contributed by atoms with Crippen LogP contribution in [0.1, 0.15) is 53.8 Å². The van der Waals surface area contributed by atoms with Crippen molar-refractivity contribution < 1.29 is 18.1 Å². The minimum absolute atomic E-state index is 0.0951. The zero-order chi connectivity index (χ0) is 27.4. The molecule has 4 rings (SSSR count). The molecule has 11 nitrogen and oxygen atoms in total. The fourth-order valence-corrected chi connectivity index (χ4v) is 4.77. The van der Waals surface area contributed by atoms with Gasteiger partial charge in [0, 0.05) is 56.3 Å². The number of halogens is 3. The second kappa shape index (κ2) is 11.3. The number of hydrogen-bond acceptors (Lipinski definition) is 9. The third-order valence-corrected chi connectivity index (χ3v) is 7.05. The molecule has 14 heteroatoms. The average Bonchev–Trinajstić information content (AvgIpc) is 3.18. The third-order valence-electron chi connectivity index (χ3n) is 7.05. The molecular formula is C24H30F3N9O2. The second-order valence-corrected chi connectivity index (χ2v) is 9.55. The van der Waals surface area contributed by atoms with Gasteiger partial charge >= 0.3 is 11.9 Å². The molecule has 0 saturated heterocycles. The predicted octanol–water partition coefficient (Wildman–Crippen LogP) is 3.77. The first-order valence-electron chi connectivity index (χ1n) is 12.3. The van der Waals surface area contributed by atoms with Crippen molar-refractivity contribution in [3.8, 4) is 0 Å². The Bertz CT molecular complexity index is 1290. The normalized spacial score (nSPS) is 17.9. The first-order valence-corrected chi connectivity index (χ1v) is 12.3.